The summed E-state index contributed by atoms with van der Waals surface area (Å²) in [6, 6.07) is 12.7. The third-order valence-electron chi connectivity index (χ3n) is 3.19. The van der Waals surface area contributed by atoms with Crippen molar-refractivity contribution >= 4 is 28.9 Å². The second-order valence-electron chi connectivity index (χ2n) is 5.14. The fourth-order valence-electron chi connectivity index (χ4n) is 1.94. The van der Waals surface area contributed by atoms with Crippen molar-refractivity contribution in [2.24, 2.45) is 0 Å². The first-order valence-electron chi connectivity index (χ1n) is 7.69. The van der Waals surface area contributed by atoms with Gasteiger partial charge in [-0.3, -0.25) is 10.1 Å². The molecule has 0 saturated heterocycles. The van der Waals surface area contributed by atoms with Crippen LogP contribution >= 0.6 is 12.2 Å². The number of hydrogen-bond donors (Lipinski definition) is 2. The fourth-order valence-corrected chi connectivity index (χ4v) is 2.15. The molecule has 0 atom stereocenters. The van der Waals surface area contributed by atoms with Gasteiger partial charge in [-0.2, -0.15) is 0 Å². The van der Waals surface area contributed by atoms with Crippen LogP contribution in [0, 0.1) is 5.82 Å². The predicted octanol–water partition coefficient (Wildman–Crippen LogP) is 4.13. The highest BCUT2D eigenvalue weighted by Crippen LogP contribution is 2.13. The molecule has 1 amide bonds. The normalized spacial score (nSPS) is 10.1. The van der Waals surface area contributed by atoms with Gasteiger partial charge in [0.15, 0.2) is 5.11 Å². The lowest BCUT2D eigenvalue weighted by Crippen LogP contribution is -2.34. The van der Waals surface area contributed by atoms with Crippen LogP contribution in [-0.2, 0) is 0 Å². The SMILES string of the molecule is CCCCOc1ccc(C(=O)NC(=S)Nc2cccc(F)c2)cc1. The van der Waals surface area contributed by atoms with E-state index in [-0.39, 0.29) is 16.8 Å². The molecule has 0 radical (unpaired) electrons. The summed E-state index contributed by atoms with van der Waals surface area (Å²) in [6.07, 6.45) is 2.05. The van der Waals surface area contributed by atoms with Gasteiger partial charge >= 0.3 is 0 Å². The lowest BCUT2D eigenvalue weighted by atomic mass is 10.2. The van der Waals surface area contributed by atoms with Crippen LogP contribution in [0.1, 0.15) is 30.1 Å². The third kappa shape index (κ3) is 5.62. The Morgan fingerprint density at radius 1 is 1.21 bits per heavy atom. The van der Waals surface area contributed by atoms with Gasteiger partial charge in [0.2, 0.25) is 0 Å². The number of unbranched alkanes of at least 4 members (excludes halogenated alkanes) is 1. The van der Waals surface area contributed by atoms with E-state index < -0.39 is 0 Å². The Bertz CT molecular complexity index is 704. The second-order valence-corrected chi connectivity index (χ2v) is 5.55. The van der Waals surface area contributed by atoms with Crippen LogP contribution in [0.2, 0.25) is 0 Å². The molecular formula is C18H19FN2O2S. The summed E-state index contributed by atoms with van der Waals surface area (Å²) in [6.45, 7) is 2.75. The monoisotopic (exact) mass is 346 g/mol. The van der Waals surface area contributed by atoms with E-state index in [1.807, 2.05) is 0 Å². The molecule has 0 saturated carbocycles. The van der Waals surface area contributed by atoms with E-state index in [0.29, 0.717) is 17.9 Å². The number of thiocarbonyl (C=S) groups is 1. The average molecular weight is 346 g/mol. The standard InChI is InChI=1S/C18H19FN2O2S/c1-2-3-11-23-16-9-7-13(8-10-16)17(22)21-18(24)20-15-6-4-5-14(19)12-15/h4-10,12H,2-3,11H2,1H3,(H2,20,21,22,24). The molecule has 0 heterocycles. The van der Waals surface area contributed by atoms with E-state index in [4.69, 9.17) is 17.0 Å². The molecule has 2 N–H and O–H groups in total. The number of benzene rings is 2. The first-order chi connectivity index (χ1) is 11.6. The second kappa shape index (κ2) is 8.98. The van der Waals surface area contributed by atoms with Crippen LogP contribution in [0.3, 0.4) is 0 Å². The number of ether oxygens (including phenoxy) is 1. The van der Waals surface area contributed by atoms with Gasteiger partial charge in [-0.15, -0.1) is 0 Å². The minimum atomic E-state index is -0.382. The maximum Gasteiger partial charge on any atom is 0.257 e. The van der Waals surface area contributed by atoms with Gasteiger partial charge in [-0.1, -0.05) is 19.4 Å². The van der Waals surface area contributed by atoms with E-state index in [1.165, 1.54) is 12.1 Å². The van der Waals surface area contributed by atoms with Crippen molar-refractivity contribution in [1.29, 1.82) is 0 Å². The summed E-state index contributed by atoms with van der Waals surface area (Å²) < 4.78 is 18.7. The van der Waals surface area contributed by atoms with Gasteiger partial charge in [0.25, 0.3) is 5.91 Å². The molecule has 0 aliphatic heterocycles. The molecule has 0 aliphatic carbocycles. The number of halogens is 1. The van der Waals surface area contributed by atoms with Crippen molar-refractivity contribution in [2.45, 2.75) is 19.8 Å². The molecule has 24 heavy (non-hydrogen) atoms. The highest BCUT2D eigenvalue weighted by atomic mass is 32.1. The molecule has 0 spiro atoms. The van der Waals surface area contributed by atoms with Crippen molar-refractivity contribution in [3.05, 3.63) is 59.9 Å². The molecule has 0 unspecified atom stereocenters. The van der Waals surface area contributed by atoms with Gasteiger partial charge in [0.1, 0.15) is 11.6 Å². The highest BCUT2D eigenvalue weighted by Gasteiger charge is 2.08. The van der Waals surface area contributed by atoms with Crippen LogP contribution in [-0.4, -0.2) is 17.6 Å². The smallest absolute Gasteiger partial charge is 0.257 e. The Balaban J connectivity index is 1.88. The molecule has 6 heteroatoms. The Hall–Kier alpha value is -2.47. The number of rotatable bonds is 6. The highest BCUT2D eigenvalue weighted by molar-refractivity contribution is 7.80. The summed E-state index contributed by atoms with van der Waals surface area (Å²) in [5, 5.41) is 5.42. The number of carbonyl (C=O) groups is 1. The summed E-state index contributed by atoms with van der Waals surface area (Å²) in [7, 11) is 0. The first kappa shape index (κ1) is 17.9. The first-order valence-corrected chi connectivity index (χ1v) is 8.10. The molecule has 0 aliphatic rings. The summed E-state index contributed by atoms with van der Waals surface area (Å²) in [4.78, 5) is 12.1. The largest absolute Gasteiger partial charge is 0.494 e. The Morgan fingerprint density at radius 2 is 1.96 bits per heavy atom. The molecule has 4 nitrogen and oxygen atoms in total. The van der Waals surface area contributed by atoms with Gasteiger partial charge in [0.05, 0.1) is 6.61 Å². The van der Waals surface area contributed by atoms with Crippen molar-refractivity contribution in [2.75, 3.05) is 11.9 Å². The van der Waals surface area contributed by atoms with Gasteiger partial charge in [-0.05, 0) is 61.1 Å². The van der Waals surface area contributed by atoms with E-state index in [2.05, 4.69) is 17.6 Å². The molecule has 0 bridgehead atoms. The quantitative estimate of drug-likeness (QED) is 0.610. The Labute approximate surface area is 146 Å². The molecular weight excluding hydrogens is 327 g/mol. The molecule has 2 aromatic carbocycles. The Kier molecular flexibility index (Phi) is 6.69. The molecule has 126 valence electrons. The number of anilines is 1. The maximum absolute atomic E-state index is 13.1. The van der Waals surface area contributed by atoms with Gasteiger partial charge in [0, 0.05) is 11.3 Å². The number of hydrogen-bond acceptors (Lipinski definition) is 3. The minimum absolute atomic E-state index is 0.105. The zero-order chi connectivity index (χ0) is 17.4. The number of carbonyl (C=O) groups excluding carboxylic acids is 1. The van der Waals surface area contributed by atoms with Gasteiger partial charge in [-0.25, -0.2) is 4.39 Å². The lowest BCUT2D eigenvalue weighted by molar-refractivity contribution is 0.0977. The summed E-state index contributed by atoms with van der Waals surface area (Å²) in [5.41, 5.74) is 0.932. The van der Waals surface area contributed by atoms with Crippen LogP contribution < -0.4 is 15.4 Å². The van der Waals surface area contributed by atoms with Crippen molar-refractivity contribution < 1.29 is 13.9 Å². The van der Waals surface area contributed by atoms with Crippen LogP contribution in [0.5, 0.6) is 5.75 Å². The zero-order valence-electron chi connectivity index (χ0n) is 13.3. The summed E-state index contributed by atoms with van der Waals surface area (Å²) >= 11 is 5.06. The predicted molar refractivity (Wildman–Crippen MR) is 96.9 cm³/mol. The third-order valence-corrected chi connectivity index (χ3v) is 3.40. The average Bonchev–Trinajstić information content (AvgIpc) is 2.55. The van der Waals surface area contributed by atoms with Crippen LogP contribution in [0.25, 0.3) is 0 Å². The lowest BCUT2D eigenvalue weighted by Gasteiger charge is -2.10. The van der Waals surface area contributed by atoms with Crippen molar-refractivity contribution in [3.63, 3.8) is 0 Å². The molecule has 0 aromatic heterocycles. The van der Waals surface area contributed by atoms with Crippen LogP contribution in [0.15, 0.2) is 48.5 Å². The van der Waals surface area contributed by atoms with E-state index in [9.17, 15) is 9.18 Å². The maximum atomic E-state index is 13.1. The van der Waals surface area contributed by atoms with Crippen molar-refractivity contribution in [1.82, 2.24) is 5.32 Å². The summed E-state index contributed by atoms with van der Waals surface area (Å²) in [5.74, 6) is -0.00254. The van der Waals surface area contributed by atoms with Crippen LogP contribution in [0.4, 0.5) is 10.1 Å². The number of nitrogens with one attached hydrogen (secondary N) is 2. The molecule has 2 rings (SSSR count). The fraction of sp³-hybridized carbons (Fsp3) is 0.222. The van der Waals surface area contributed by atoms with E-state index in [1.54, 1.807) is 36.4 Å². The topological polar surface area (TPSA) is 50.4 Å². The van der Waals surface area contributed by atoms with Crippen molar-refractivity contribution in [3.8, 4) is 5.75 Å². The molecule has 0 fully saturated rings. The number of amides is 1. The zero-order valence-corrected chi connectivity index (χ0v) is 14.2. The molecule has 2 aromatic rings. The Morgan fingerprint density at radius 3 is 2.62 bits per heavy atom. The van der Waals surface area contributed by atoms with Gasteiger partial charge < -0.3 is 10.1 Å². The van der Waals surface area contributed by atoms with E-state index in [0.717, 1.165) is 18.6 Å². The minimum Gasteiger partial charge on any atom is -0.494 e. The van der Waals surface area contributed by atoms with E-state index >= 15 is 0 Å².